The number of nitrogens with two attached hydrogens (primary N) is 1. The summed E-state index contributed by atoms with van der Waals surface area (Å²) in [4.78, 5) is 22.5. The van der Waals surface area contributed by atoms with Gasteiger partial charge in [0.25, 0.3) is 0 Å². The minimum absolute atomic E-state index is 0.220. The van der Waals surface area contributed by atoms with Gasteiger partial charge in [0.2, 0.25) is 5.91 Å². The summed E-state index contributed by atoms with van der Waals surface area (Å²) in [7, 11) is 0. The average molecular weight is 229 g/mol. The van der Waals surface area contributed by atoms with Gasteiger partial charge in [-0.05, 0) is 38.8 Å². The molecule has 0 unspecified atom stereocenters. The lowest BCUT2D eigenvalue weighted by Crippen LogP contribution is -2.48. The lowest BCUT2D eigenvalue weighted by atomic mass is 10.1. The number of carbonyl (C=O) groups is 2. The van der Waals surface area contributed by atoms with E-state index in [-0.39, 0.29) is 11.9 Å². The Hall–Kier alpha value is -1.14. The van der Waals surface area contributed by atoms with Crippen LogP contribution in [0.3, 0.4) is 0 Å². The van der Waals surface area contributed by atoms with Crippen LogP contribution >= 0.6 is 0 Å². The summed E-state index contributed by atoms with van der Waals surface area (Å²) in [6.45, 7) is 1.25. The molecule has 1 aliphatic heterocycles. The first-order chi connectivity index (χ1) is 7.65. The minimum Gasteiger partial charge on any atom is -0.480 e. The van der Waals surface area contributed by atoms with Crippen molar-refractivity contribution in [2.45, 2.75) is 37.8 Å². The maximum absolute atomic E-state index is 11.7. The summed E-state index contributed by atoms with van der Waals surface area (Å²) in [5, 5.41) is 14.5. The van der Waals surface area contributed by atoms with Crippen molar-refractivity contribution in [3.05, 3.63) is 0 Å². The van der Waals surface area contributed by atoms with Gasteiger partial charge in [-0.25, -0.2) is 4.79 Å². The topological polar surface area (TPSA) is 104 Å². The summed E-state index contributed by atoms with van der Waals surface area (Å²) >= 11 is 0. The highest BCUT2D eigenvalue weighted by Crippen LogP contribution is 2.06. The van der Waals surface area contributed by atoms with Crippen LogP contribution in [0.2, 0.25) is 0 Å². The maximum atomic E-state index is 11.7. The van der Waals surface area contributed by atoms with Gasteiger partial charge in [0, 0.05) is 0 Å². The van der Waals surface area contributed by atoms with Crippen LogP contribution in [0, 0.1) is 0 Å². The molecule has 1 rings (SSSR count). The van der Waals surface area contributed by atoms with Crippen LogP contribution in [0.5, 0.6) is 0 Å². The SMILES string of the molecule is NCCC[C@@H](NC(=O)[C@@H]1CCCN1)C(=O)O. The van der Waals surface area contributed by atoms with E-state index in [4.69, 9.17) is 10.8 Å². The van der Waals surface area contributed by atoms with Gasteiger partial charge >= 0.3 is 5.97 Å². The molecule has 0 spiro atoms. The second kappa shape index (κ2) is 6.44. The van der Waals surface area contributed by atoms with Crippen LogP contribution < -0.4 is 16.4 Å². The Labute approximate surface area is 94.6 Å². The third kappa shape index (κ3) is 3.79. The van der Waals surface area contributed by atoms with Crippen molar-refractivity contribution in [1.29, 1.82) is 0 Å². The van der Waals surface area contributed by atoms with E-state index >= 15 is 0 Å². The average Bonchev–Trinajstić information content (AvgIpc) is 2.76. The van der Waals surface area contributed by atoms with Gasteiger partial charge in [-0.2, -0.15) is 0 Å². The van der Waals surface area contributed by atoms with Crippen molar-refractivity contribution in [2.24, 2.45) is 5.73 Å². The number of carboxylic acid groups (broad SMARTS) is 1. The molecule has 0 radical (unpaired) electrons. The molecule has 0 saturated carbocycles. The zero-order chi connectivity index (χ0) is 12.0. The number of amides is 1. The lowest BCUT2D eigenvalue weighted by Gasteiger charge is -2.17. The highest BCUT2D eigenvalue weighted by molar-refractivity contribution is 5.87. The molecule has 0 bridgehead atoms. The Morgan fingerprint density at radius 3 is 2.81 bits per heavy atom. The lowest BCUT2D eigenvalue weighted by molar-refractivity contribution is -0.142. The van der Waals surface area contributed by atoms with Crippen molar-refractivity contribution in [3.63, 3.8) is 0 Å². The molecule has 0 aromatic rings. The van der Waals surface area contributed by atoms with E-state index in [1.165, 1.54) is 0 Å². The minimum atomic E-state index is -1.00. The van der Waals surface area contributed by atoms with Gasteiger partial charge in [0.1, 0.15) is 6.04 Å². The van der Waals surface area contributed by atoms with Crippen LogP contribution in [0.25, 0.3) is 0 Å². The maximum Gasteiger partial charge on any atom is 0.326 e. The van der Waals surface area contributed by atoms with Crippen molar-refractivity contribution in [3.8, 4) is 0 Å². The number of hydrogen-bond donors (Lipinski definition) is 4. The second-order valence-electron chi connectivity index (χ2n) is 3.98. The molecule has 1 saturated heterocycles. The molecule has 1 heterocycles. The number of hydrogen-bond acceptors (Lipinski definition) is 4. The molecule has 0 aromatic heterocycles. The Balaban J connectivity index is 2.40. The van der Waals surface area contributed by atoms with E-state index in [2.05, 4.69) is 10.6 Å². The van der Waals surface area contributed by atoms with Crippen LogP contribution in [0.15, 0.2) is 0 Å². The quantitative estimate of drug-likeness (QED) is 0.470. The molecule has 1 aliphatic rings. The Kier molecular flexibility index (Phi) is 5.21. The first-order valence-electron chi connectivity index (χ1n) is 5.61. The second-order valence-corrected chi connectivity index (χ2v) is 3.98. The predicted octanol–water partition coefficient (Wildman–Crippen LogP) is -0.953. The third-order valence-electron chi connectivity index (χ3n) is 2.69. The summed E-state index contributed by atoms with van der Waals surface area (Å²) in [6.07, 6.45) is 2.70. The van der Waals surface area contributed by atoms with Crippen LogP contribution in [0.4, 0.5) is 0 Å². The predicted molar refractivity (Wildman–Crippen MR) is 58.9 cm³/mol. The zero-order valence-corrected chi connectivity index (χ0v) is 9.24. The van der Waals surface area contributed by atoms with E-state index in [9.17, 15) is 9.59 Å². The largest absolute Gasteiger partial charge is 0.480 e. The summed E-state index contributed by atoms with van der Waals surface area (Å²) in [5.74, 6) is -1.22. The number of carboxylic acids is 1. The molecule has 5 N–H and O–H groups in total. The smallest absolute Gasteiger partial charge is 0.326 e. The monoisotopic (exact) mass is 229 g/mol. The van der Waals surface area contributed by atoms with Gasteiger partial charge in [-0.3, -0.25) is 4.79 Å². The van der Waals surface area contributed by atoms with Crippen molar-refractivity contribution in [2.75, 3.05) is 13.1 Å². The normalized spacial score (nSPS) is 21.7. The number of aliphatic carboxylic acids is 1. The van der Waals surface area contributed by atoms with Gasteiger partial charge in [0.15, 0.2) is 0 Å². The standard InChI is InChI=1S/C10H19N3O3/c11-5-1-3-8(10(15)16)13-9(14)7-4-2-6-12-7/h7-8,12H,1-6,11H2,(H,13,14)(H,15,16)/t7-,8+/m0/s1. The fraction of sp³-hybridized carbons (Fsp3) is 0.800. The highest BCUT2D eigenvalue weighted by atomic mass is 16.4. The molecule has 6 heteroatoms. The molecular weight excluding hydrogens is 210 g/mol. The molecule has 92 valence electrons. The fourth-order valence-electron chi connectivity index (χ4n) is 1.76. The number of carbonyl (C=O) groups excluding carboxylic acids is 1. The van der Waals surface area contributed by atoms with Crippen molar-refractivity contribution in [1.82, 2.24) is 10.6 Å². The molecule has 6 nitrogen and oxygen atoms in total. The zero-order valence-electron chi connectivity index (χ0n) is 9.24. The third-order valence-corrected chi connectivity index (χ3v) is 2.69. The molecule has 0 aromatic carbocycles. The van der Waals surface area contributed by atoms with E-state index in [1.807, 2.05) is 0 Å². The van der Waals surface area contributed by atoms with Gasteiger partial charge < -0.3 is 21.5 Å². The van der Waals surface area contributed by atoms with E-state index in [0.717, 1.165) is 19.4 Å². The van der Waals surface area contributed by atoms with Crippen LogP contribution in [-0.4, -0.2) is 42.2 Å². The molecule has 2 atom stereocenters. The van der Waals surface area contributed by atoms with Gasteiger partial charge in [-0.1, -0.05) is 0 Å². The summed E-state index contributed by atoms with van der Waals surface area (Å²) in [6, 6.07) is -1.06. The summed E-state index contributed by atoms with van der Waals surface area (Å²) < 4.78 is 0. The molecule has 1 amide bonds. The summed E-state index contributed by atoms with van der Waals surface area (Å²) in [5.41, 5.74) is 5.31. The van der Waals surface area contributed by atoms with Gasteiger partial charge in [-0.15, -0.1) is 0 Å². The molecular formula is C10H19N3O3. The van der Waals surface area contributed by atoms with Crippen molar-refractivity contribution < 1.29 is 14.7 Å². The first kappa shape index (κ1) is 12.9. The molecule has 0 aliphatic carbocycles. The van der Waals surface area contributed by atoms with E-state index < -0.39 is 12.0 Å². The van der Waals surface area contributed by atoms with Crippen LogP contribution in [0.1, 0.15) is 25.7 Å². The number of nitrogens with one attached hydrogen (secondary N) is 2. The first-order valence-corrected chi connectivity index (χ1v) is 5.61. The van der Waals surface area contributed by atoms with Crippen molar-refractivity contribution >= 4 is 11.9 Å². The fourth-order valence-corrected chi connectivity index (χ4v) is 1.76. The van der Waals surface area contributed by atoms with Crippen LogP contribution in [-0.2, 0) is 9.59 Å². The number of rotatable bonds is 6. The van der Waals surface area contributed by atoms with E-state index in [1.54, 1.807) is 0 Å². The molecule has 16 heavy (non-hydrogen) atoms. The Morgan fingerprint density at radius 2 is 2.31 bits per heavy atom. The highest BCUT2D eigenvalue weighted by Gasteiger charge is 2.26. The molecule has 1 fully saturated rings. The Bertz CT molecular complexity index is 252. The van der Waals surface area contributed by atoms with E-state index in [0.29, 0.717) is 19.4 Å². The Morgan fingerprint density at radius 1 is 1.56 bits per heavy atom. The van der Waals surface area contributed by atoms with Gasteiger partial charge in [0.05, 0.1) is 6.04 Å².